The summed E-state index contributed by atoms with van der Waals surface area (Å²) in [5.41, 5.74) is 1.34. The van der Waals surface area contributed by atoms with E-state index >= 15 is 0 Å². The van der Waals surface area contributed by atoms with Crippen LogP contribution in [0.2, 0.25) is 0 Å². The van der Waals surface area contributed by atoms with E-state index in [1.165, 1.54) is 12.1 Å². The average molecular weight is 346 g/mol. The highest BCUT2D eigenvalue weighted by atomic mass is 79.9. The van der Waals surface area contributed by atoms with Crippen LogP contribution in [0.15, 0.2) is 39.4 Å². The Morgan fingerprint density at radius 2 is 2.21 bits per heavy atom. The van der Waals surface area contributed by atoms with E-state index in [4.69, 9.17) is 0 Å². The minimum absolute atomic E-state index is 0.291. The lowest BCUT2D eigenvalue weighted by molar-refractivity contribution is 0.618. The average Bonchev–Trinajstić information content (AvgIpc) is 2.68. The molecular weight excluding hydrogens is 333 g/mol. The predicted octanol–water partition coefficient (Wildman–Crippen LogP) is 3.19. The maximum Gasteiger partial charge on any atom is 0.123 e. The van der Waals surface area contributed by atoms with Gasteiger partial charge in [0.1, 0.15) is 11.5 Å². The first-order valence-corrected chi connectivity index (χ1v) is 8.59. The summed E-state index contributed by atoms with van der Waals surface area (Å²) in [4.78, 5) is 0. The van der Waals surface area contributed by atoms with Crippen molar-refractivity contribution >= 4 is 31.3 Å². The van der Waals surface area contributed by atoms with Crippen LogP contribution >= 0.6 is 15.9 Å². The number of nitrogens with zero attached hydrogens (tertiary/aromatic N) is 3. The van der Waals surface area contributed by atoms with Gasteiger partial charge >= 0.3 is 0 Å². The first-order chi connectivity index (χ1) is 8.83. The second kappa shape index (κ2) is 5.42. The van der Waals surface area contributed by atoms with Gasteiger partial charge in [-0.1, -0.05) is 15.9 Å². The van der Waals surface area contributed by atoms with Crippen molar-refractivity contribution in [3.8, 4) is 0 Å². The SMILES string of the molecule is CS(C)(=O)=Nc1cnn(Cc2cc(F)ccc2Br)c1. The molecular formula is C12H13BrFN3OS. The molecule has 102 valence electrons. The summed E-state index contributed by atoms with van der Waals surface area (Å²) in [5, 5.41) is 4.12. The molecule has 1 heterocycles. The minimum atomic E-state index is -2.20. The lowest BCUT2D eigenvalue weighted by Crippen LogP contribution is -2.01. The van der Waals surface area contributed by atoms with Crippen molar-refractivity contribution in [2.45, 2.75) is 6.54 Å². The van der Waals surface area contributed by atoms with Crippen molar-refractivity contribution in [1.29, 1.82) is 0 Å². The van der Waals surface area contributed by atoms with Crippen molar-refractivity contribution in [3.05, 3.63) is 46.4 Å². The highest BCUT2D eigenvalue weighted by molar-refractivity contribution is 9.10. The first-order valence-electron chi connectivity index (χ1n) is 5.47. The summed E-state index contributed by atoms with van der Waals surface area (Å²) >= 11 is 3.37. The van der Waals surface area contributed by atoms with Crippen LogP contribution < -0.4 is 0 Å². The van der Waals surface area contributed by atoms with Gasteiger partial charge in [-0.15, -0.1) is 0 Å². The van der Waals surface area contributed by atoms with E-state index in [1.54, 1.807) is 35.7 Å². The van der Waals surface area contributed by atoms with Gasteiger partial charge in [0.2, 0.25) is 0 Å². The second-order valence-electron chi connectivity index (χ2n) is 4.40. The van der Waals surface area contributed by atoms with E-state index in [9.17, 15) is 8.60 Å². The van der Waals surface area contributed by atoms with Gasteiger partial charge in [-0.05, 0) is 23.8 Å². The van der Waals surface area contributed by atoms with Gasteiger partial charge in [0, 0.05) is 26.7 Å². The van der Waals surface area contributed by atoms with E-state index in [0.29, 0.717) is 12.2 Å². The van der Waals surface area contributed by atoms with Gasteiger partial charge in [-0.3, -0.25) is 4.68 Å². The number of hydrogen-bond acceptors (Lipinski definition) is 3. The summed E-state index contributed by atoms with van der Waals surface area (Å²) in [5.74, 6) is -0.291. The molecule has 0 bridgehead atoms. The normalized spacial score (nSPS) is 11.6. The Kier molecular flexibility index (Phi) is 4.05. The fourth-order valence-electron chi connectivity index (χ4n) is 1.58. The van der Waals surface area contributed by atoms with Crippen LogP contribution in [-0.4, -0.2) is 26.5 Å². The summed E-state index contributed by atoms with van der Waals surface area (Å²) in [7, 11) is -2.20. The molecule has 19 heavy (non-hydrogen) atoms. The molecule has 0 unspecified atom stereocenters. The summed E-state index contributed by atoms with van der Waals surface area (Å²) in [6.45, 7) is 0.419. The minimum Gasteiger partial charge on any atom is -0.266 e. The van der Waals surface area contributed by atoms with Gasteiger partial charge in [0.25, 0.3) is 0 Å². The third kappa shape index (κ3) is 4.14. The molecule has 0 aliphatic rings. The largest absolute Gasteiger partial charge is 0.266 e. The molecule has 0 N–H and O–H groups in total. The number of halogens is 2. The Hall–Kier alpha value is -1.21. The monoisotopic (exact) mass is 345 g/mol. The van der Waals surface area contributed by atoms with Crippen LogP contribution in [0.5, 0.6) is 0 Å². The first kappa shape index (κ1) is 14.2. The molecule has 0 spiro atoms. The molecule has 7 heteroatoms. The van der Waals surface area contributed by atoms with Gasteiger partial charge in [0.15, 0.2) is 0 Å². The Bertz CT molecular complexity index is 712. The Labute approximate surface area is 120 Å². The maximum absolute atomic E-state index is 13.2. The van der Waals surface area contributed by atoms with Gasteiger partial charge in [-0.2, -0.15) is 9.46 Å². The Balaban J connectivity index is 2.25. The van der Waals surface area contributed by atoms with Crippen molar-refractivity contribution in [3.63, 3.8) is 0 Å². The van der Waals surface area contributed by atoms with Crippen LogP contribution in [-0.2, 0) is 16.3 Å². The van der Waals surface area contributed by atoms with E-state index in [2.05, 4.69) is 25.4 Å². The lowest BCUT2D eigenvalue weighted by atomic mass is 10.2. The lowest BCUT2D eigenvalue weighted by Gasteiger charge is -2.04. The molecule has 4 nitrogen and oxygen atoms in total. The third-order valence-electron chi connectivity index (χ3n) is 2.28. The zero-order valence-electron chi connectivity index (χ0n) is 10.5. The second-order valence-corrected chi connectivity index (χ2v) is 7.80. The number of hydrogen-bond donors (Lipinski definition) is 0. The summed E-state index contributed by atoms with van der Waals surface area (Å²) in [6, 6.07) is 4.50. The van der Waals surface area contributed by atoms with Crippen molar-refractivity contribution in [2.24, 2.45) is 4.36 Å². The quantitative estimate of drug-likeness (QED) is 0.857. The van der Waals surface area contributed by atoms with E-state index in [1.807, 2.05) is 0 Å². The van der Waals surface area contributed by atoms with Crippen LogP contribution in [0.1, 0.15) is 5.56 Å². The van der Waals surface area contributed by atoms with Crippen LogP contribution in [0.25, 0.3) is 0 Å². The molecule has 0 atom stereocenters. The smallest absolute Gasteiger partial charge is 0.123 e. The molecule has 0 saturated heterocycles. The van der Waals surface area contributed by atoms with Crippen LogP contribution in [0, 0.1) is 5.82 Å². The zero-order chi connectivity index (χ0) is 14.0. The molecule has 0 amide bonds. The molecule has 0 fully saturated rings. The van der Waals surface area contributed by atoms with Crippen molar-refractivity contribution in [1.82, 2.24) is 9.78 Å². The highest BCUT2D eigenvalue weighted by Gasteiger charge is 2.05. The van der Waals surface area contributed by atoms with E-state index in [0.717, 1.165) is 10.0 Å². The van der Waals surface area contributed by atoms with Crippen molar-refractivity contribution < 1.29 is 8.60 Å². The predicted molar refractivity (Wildman–Crippen MR) is 77.5 cm³/mol. The van der Waals surface area contributed by atoms with Gasteiger partial charge < -0.3 is 0 Å². The number of aromatic nitrogens is 2. The van der Waals surface area contributed by atoms with Crippen LogP contribution in [0.4, 0.5) is 10.1 Å². The maximum atomic E-state index is 13.2. The Morgan fingerprint density at radius 1 is 1.47 bits per heavy atom. The van der Waals surface area contributed by atoms with E-state index < -0.39 is 9.73 Å². The highest BCUT2D eigenvalue weighted by Crippen LogP contribution is 2.20. The molecule has 0 aliphatic carbocycles. The fraction of sp³-hybridized carbons (Fsp3) is 0.250. The third-order valence-corrected chi connectivity index (χ3v) is 3.71. The summed E-state index contributed by atoms with van der Waals surface area (Å²) < 4.78 is 31.2. The van der Waals surface area contributed by atoms with Crippen molar-refractivity contribution in [2.75, 3.05) is 12.5 Å². The molecule has 0 saturated carbocycles. The number of rotatable bonds is 3. The van der Waals surface area contributed by atoms with E-state index in [-0.39, 0.29) is 5.82 Å². The molecule has 0 aliphatic heterocycles. The fourth-order valence-corrected chi connectivity index (χ4v) is 2.55. The topological polar surface area (TPSA) is 47.2 Å². The van der Waals surface area contributed by atoms with Crippen LogP contribution in [0.3, 0.4) is 0 Å². The number of benzene rings is 1. The standard InChI is InChI=1S/C12H13BrFN3OS/c1-19(2,18)16-11-6-15-17(8-11)7-9-5-10(14)3-4-12(9)13/h3-6,8H,7H2,1-2H3. The van der Waals surface area contributed by atoms with Gasteiger partial charge in [0.05, 0.1) is 18.9 Å². The molecule has 2 rings (SSSR count). The molecule has 1 aromatic heterocycles. The zero-order valence-corrected chi connectivity index (χ0v) is 12.9. The molecule has 1 aromatic carbocycles. The summed E-state index contributed by atoms with van der Waals surface area (Å²) in [6.07, 6.45) is 6.35. The molecule has 0 radical (unpaired) electrons. The molecule has 2 aromatic rings. The Morgan fingerprint density at radius 3 is 2.89 bits per heavy atom. The van der Waals surface area contributed by atoms with Gasteiger partial charge in [-0.25, -0.2) is 8.60 Å².